The number of hydrogen-bond donors (Lipinski definition) is 7. The number of esters is 1. The molecule has 0 amide bonds. The standard InChI is InChI=1S/C61H100O14/c1-3-5-7-9-11-13-15-17-19-21-23-25-26-28-30-32-34-36-38-40-42-44-53(63)73-50(47-70-45-43-41-39-37-35-33-31-29-27-24-22-20-18-16-14-12-10-8-6-4-2)48-71-60-59(69)57(67)55(65)52(75-60)49-72-61-58(68)56(66)54(64)51(46-62)74-61/h6,8,12,14-15,17-18,20-21,23-24,26-28,31,33,37,39,50-52,54-62,64-69H,3-5,7,9-11,13,16,19,22,25,29-30,32,34-36,38,40-49H2,1-2H3/b8-6-,14-12-,17-15-,20-18-,23-21-,27-24-,28-26-,33-31-,39-37-. The lowest BCUT2D eigenvalue weighted by Crippen LogP contribution is -2.61. The number of carbonyl (C=O) groups excluding carboxylic acids is 1. The van der Waals surface area contributed by atoms with Crippen LogP contribution in [-0.4, -0.2) is 142 Å². The van der Waals surface area contributed by atoms with Crippen molar-refractivity contribution in [1.29, 1.82) is 0 Å². The van der Waals surface area contributed by atoms with Gasteiger partial charge in [-0.3, -0.25) is 4.79 Å². The quantitative estimate of drug-likeness (QED) is 0.0172. The summed E-state index contributed by atoms with van der Waals surface area (Å²) in [5.74, 6) is -0.412. The molecule has 2 fully saturated rings. The predicted molar refractivity (Wildman–Crippen MR) is 297 cm³/mol. The van der Waals surface area contributed by atoms with Crippen molar-refractivity contribution in [2.24, 2.45) is 0 Å². The van der Waals surface area contributed by atoms with Crippen molar-refractivity contribution in [2.75, 3.05) is 33.0 Å². The molecule has 75 heavy (non-hydrogen) atoms. The first kappa shape index (κ1) is 67.8. The molecule has 14 heteroatoms. The van der Waals surface area contributed by atoms with Crippen LogP contribution < -0.4 is 0 Å². The van der Waals surface area contributed by atoms with Crippen molar-refractivity contribution in [3.8, 4) is 0 Å². The van der Waals surface area contributed by atoms with Crippen molar-refractivity contribution in [3.05, 3.63) is 109 Å². The molecule has 0 aromatic heterocycles. The van der Waals surface area contributed by atoms with Gasteiger partial charge in [0.05, 0.1) is 26.4 Å². The zero-order valence-electron chi connectivity index (χ0n) is 45.7. The average Bonchev–Trinajstić information content (AvgIpc) is 3.41. The van der Waals surface area contributed by atoms with E-state index in [9.17, 15) is 40.5 Å². The predicted octanol–water partition coefficient (Wildman–Crippen LogP) is 9.96. The highest BCUT2D eigenvalue weighted by Crippen LogP contribution is 2.26. The zero-order valence-corrected chi connectivity index (χ0v) is 45.7. The van der Waals surface area contributed by atoms with E-state index in [1.807, 2.05) is 0 Å². The van der Waals surface area contributed by atoms with Gasteiger partial charge in [-0.05, 0) is 96.3 Å². The number of carbonyl (C=O) groups is 1. The fourth-order valence-corrected chi connectivity index (χ4v) is 8.19. The third-order valence-electron chi connectivity index (χ3n) is 12.8. The highest BCUT2D eigenvalue weighted by Gasteiger charge is 2.47. The zero-order chi connectivity index (χ0) is 54.4. The van der Waals surface area contributed by atoms with E-state index in [1.54, 1.807) is 0 Å². The molecule has 2 saturated heterocycles. The molecule has 428 valence electrons. The molecule has 0 saturated carbocycles. The Morgan fingerprint density at radius 3 is 1.36 bits per heavy atom. The Kier molecular flexibility index (Phi) is 42.2. The minimum absolute atomic E-state index is 0.00845. The van der Waals surface area contributed by atoms with Crippen LogP contribution >= 0.6 is 0 Å². The molecule has 11 unspecified atom stereocenters. The number of ether oxygens (including phenoxy) is 6. The van der Waals surface area contributed by atoms with Gasteiger partial charge in [0.15, 0.2) is 12.6 Å². The topological polar surface area (TPSA) is 214 Å². The molecule has 0 spiro atoms. The molecule has 2 aliphatic heterocycles. The Bertz CT molecular complexity index is 1650. The summed E-state index contributed by atoms with van der Waals surface area (Å²) < 4.78 is 34.3. The number of aliphatic hydroxyl groups excluding tert-OH is 7. The highest BCUT2D eigenvalue weighted by atomic mass is 16.7. The van der Waals surface area contributed by atoms with E-state index >= 15 is 0 Å². The third-order valence-corrected chi connectivity index (χ3v) is 12.8. The van der Waals surface area contributed by atoms with Gasteiger partial charge < -0.3 is 64.2 Å². The van der Waals surface area contributed by atoms with Gasteiger partial charge in [-0.2, -0.15) is 0 Å². The molecular formula is C61H100O14. The first-order valence-corrected chi connectivity index (χ1v) is 28.5. The minimum atomic E-state index is -1.73. The fourth-order valence-electron chi connectivity index (χ4n) is 8.19. The van der Waals surface area contributed by atoms with Gasteiger partial charge >= 0.3 is 5.97 Å². The number of aliphatic hydroxyl groups is 7. The lowest BCUT2D eigenvalue weighted by Gasteiger charge is -2.42. The summed E-state index contributed by atoms with van der Waals surface area (Å²) in [6, 6.07) is 0. The van der Waals surface area contributed by atoms with E-state index in [0.29, 0.717) is 13.0 Å². The second kappa shape index (κ2) is 46.7. The SMILES string of the molecule is CC/C=C\C/C=C\C/C=C\C/C=C\C/C=C\C/C=C\CCCOCC(COC1OC(COC2OC(CO)C(O)C(O)C2O)C(O)C(O)C1O)OC(=O)CCCCCCCC/C=C\C/C=C\C/C=C\CCCCCCC. The summed E-state index contributed by atoms with van der Waals surface area (Å²) in [6.07, 6.45) is 47.2. The Labute approximate surface area is 451 Å². The summed E-state index contributed by atoms with van der Waals surface area (Å²) in [6.45, 7) is 3.37. The Balaban J connectivity index is 1.77. The molecule has 11 atom stereocenters. The minimum Gasteiger partial charge on any atom is -0.457 e. The molecule has 2 rings (SSSR count). The number of hydrogen-bond acceptors (Lipinski definition) is 14. The Morgan fingerprint density at radius 1 is 0.453 bits per heavy atom. The van der Waals surface area contributed by atoms with Crippen LogP contribution in [0.5, 0.6) is 0 Å². The summed E-state index contributed by atoms with van der Waals surface area (Å²) in [5, 5.41) is 72.3. The summed E-state index contributed by atoms with van der Waals surface area (Å²) in [4.78, 5) is 13.1. The molecule has 7 N–H and O–H groups in total. The monoisotopic (exact) mass is 1060 g/mol. The van der Waals surface area contributed by atoms with Gasteiger partial charge in [-0.1, -0.05) is 175 Å². The van der Waals surface area contributed by atoms with Crippen molar-refractivity contribution >= 4 is 5.97 Å². The number of allylic oxidation sites excluding steroid dienone is 18. The van der Waals surface area contributed by atoms with Crippen molar-refractivity contribution in [1.82, 2.24) is 0 Å². The summed E-state index contributed by atoms with van der Waals surface area (Å²) in [5.41, 5.74) is 0. The molecule has 0 aliphatic carbocycles. The Morgan fingerprint density at radius 2 is 0.867 bits per heavy atom. The summed E-state index contributed by atoms with van der Waals surface area (Å²) >= 11 is 0. The largest absolute Gasteiger partial charge is 0.457 e. The normalized spacial score (nSPS) is 25.5. The van der Waals surface area contributed by atoms with Crippen LogP contribution in [-0.2, 0) is 33.2 Å². The maximum atomic E-state index is 13.1. The van der Waals surface area contributed by atoms with Crippen molar-refractivity contribution < 1.29 is 69.0 Å². The molecule has 0 aromatic rings. The van der Waals surface area contributed by atoms with Gasteiger partial charge in [0.2, 0.25) is 0 Å². The Hall–Kier alpha value is -3.35. The first-order chi connectivity index (χ1) is 36.6. The molecule has 2 aliphatic rings. The smallest absolute Gasteiger partial charge is 0.306 e. The van der Waals surface area contributed by atoms with Gasteiger partial charge in [0.1, 0.15) is 54.9 Å². The molecule has 0 bridgehead atoms. The van der Waals surface area contributed by atoms with E-state index in [4.69, 9.17) is 28.4 Å². The van der Waals surface area contributed by atoms with Gasteiger partial charge in [0.25, 0.3) is 0 Å². The van der Waals surface area contributed by atoms with Crippen LogP contribution in [0.25, 0.3) is 0 Å². The maximum absolute atomic E-state index is 13.1. The van der Waals surface area contributed by atoms with Crippen LogP contribution in [0.1, 0.15) is 168 Å². The van der Waals surface area contributed by atoms with Gasteiger partial charge in [-0.25, -0.2) is 0 Å². The summed E-state index contributed by atoms with van der Waals surface area (Å²) in [7, 11) is 0. The number of rotatable bonds is 44. The maximum Gasteiger partial charge on any atom is 0.306 e. The molecule has 14 nitrogen and oxygen atoms in total. The fraction of sp³-hybridized carbons (Fsp3) is 0.689. The lowest BCUT2D eigenvalue weighted by atomic mass is 9.98. The van der Waals surface area contributed by atoms with Crippen LogP contribution in [0.4, 0.5) is 0 Å². The second-order valence-corrected chi connectivity index (χ2v) is 19.4. The van der Waals surface area contributed by atoms with Crippen molar-refractivity contribution in [3.63, 3.8) is 0 Å². The average molecular weight is 1060 g/mol. The lowest BCUT2D eigenvalue weighted by molar-refractivity contribution is -0.332. The van der Waals surface area contributed by atoms with Crippen molar-refractivity contribution in [2.45, 2.75) is 235 Å². The second-order valence-electron chi connectivity index (χ2n) is 19.4. The first-order valence-electron chi connectivity index (χ1n) is 28.5. The van der Waals surface area contributed by atoms with Gasteiger partial charge in [0, 0.05) is 13.0 Å². The van der Waals surface area contributed by atoms with E-state index in [2.05, 4.69) is 123 Å². The van der Waals surface area contributed by atoms with E-state index in [0.717, 1.165) is 103 Å². The van der Waals surface area contributed by atoms with Crippen LogP contribution in [0.3, 0.4) is 0 Å². The van der Waals surface area contributed by atoms with E-state index in [-0.39, 0.29) is 19.6 Å². The van der Waals surface area contributed by atoms with E-state index < -0.39 is 86.7 Å². The van der Waals surface area contributed by atoms with E-state index in [1.165, 1.54) is 38.5 Å². The molecule has 2 heterocycles. The van der Waals surface area contributed by atoms with Gasteiger partial charge in [-0.15, -0.1) is 0 Å². The molecule has 0 radical (unpaired) electrons. The molecular weight excluding hydrogens is 957 g/mol. The molecule has 0 aromatic carbocycles. The van der Waals surface area contributed by atoms with Crippen LogP contribution in [0, 0.1) is 0 Å². The highest BCUT2D eigenvalue weighted by molar-refractivity contribution is 5.69. The van der Waals surface area contributed by atoms with Crippen LogP contribution in [0.15, 0.2) is 109 Å². The van der Waals surface area contributed by atoms with Crippen LogP contribution in [0.2, 0.25) is 0 Å². The number of unbranched alkanes of at least 4 members (excludes halogenated alkanes) is 12. The third kappa shape index (κ3) is 33.5.